The maximum Gasteiger partial charge on any atom is 0.253 e. The predicted molar refractivity (Wildman–Crippen MR) is 77.8 cm³/mol. The number of hydrogen-bond donors (Lipinski definition) is 0. The Bertz CT molecular complexity index is 504. The number of rotatable bonds is 6. The fourth-order valence-electron chi connectivity index (χ4n) is 2.30. The van der Waals surface area contributed by atoms with Crippen molar-refractivity contribution in [3.05, 3.63) is 35.4 Å². The maximum atomic E-state index is 12.3. The molecule has 0 atom stereocenters. The van der Waals surface area contributed by atoms with Gasteiger partial charge >= 0.3 is 0 Å². The van der Waals surface area contributed by atoms with Gasteiger partial charge in [-0.25, -0.2) is 0 Å². The van der Waals surface area contributed by atoms with Crippen LogP contribution in [0.15, 0.2) is 24.3 Å². The highest BCUT2D eigenvalue weighted by molar-refractivity contribution is 6.06. The molecule has 1 rings (SSSR count). The monoisotopic (exact) mass is 275 g/mol. The molecule has 0 bridgehead atoms. The zero-order valence-corrected chi connectivity index (χ0v) is 12.5. The summed E-state index contributed by atoms with van der Waals surface area (Å²) in [4.78, 5) is 37.2. The van der Waals surface area contributed by atoms with Gasteiger partial charge in [-0.1, -0.05) is 12.1 Å². The first kappa shape index (κ1) is 16.1. The molecule has 1 aromatic rings. The highest BCUT2D eigenvalue weighted by Crippen LogP contribution is 2.20. The zero-order chi connectivity index (χ0) is 15.3. The van der Waals surface area contributed by atoms with Crippen molar-refractivity contribution in [3.63, 3.8) is 0 Å². The smallest absolute Gasteiger partial charge is 0.253 e. The summed E-state index contributed by atoms with van der Waals surface area (Å²) in [6, 6.07) is 6.78. The Hall–Kier alpha value is -1.97. The highest BCUT2D eigenvalue weighted by Gasteiger charge is 2.23. The summed E-state index contributed by atoms with van der Waals surface area (Å²) in [5.41, 5.74) is 1.10. The largest absolute Gasteiger partial charge is 0.339 e. The summed E-state index contributed by atoms with van der Waals surface area (Å²) in [6.45, 7) is 7.87. The van der Waals surface area contributed by atoms with E-state index in [1.807, 2.05) is 13.8 Å². The van der Waals surface area contributed by atoms with Gasteiger partial charge in [-0.05, 0) is 45.4 Å². The number of Topliss-reactive ketones (excluding diaryl/α,β-unsaturated/α-hetero) is 2. The van der Waals surface area contributed by atoms with Gasteiger partial charge < -0.3 is 4.90 Å². The zero-order valence-electron chi connectivity index (χ0n) is 12.5. The molecule has 4 nitrogen and oxygen atoms in total. The fourth-order valence-corrected chi connectivity index (χ4v) is 2.30. The van der Waals surface area contributed by atoms with Crippen LogP contribution in [0.25, 0.3) is 0 Å². The van der Waals surface area contributed by atoms with Crippen LogP contribution in [0.5, 0.6) is 0 Å². The van der Waals surface area contributed by atoms with Gasteiger partial charge in [0.15, 0.2) is 0 Å². The lowest BCUT2D eigenvalue weighted by Gasteiger charge is -2.19. The van der Waals surface area contributed by atoms with E-state index in [1.54, 1.807) is 29.2 Å². The van der Waals surface area contributed by atoms with Crippen molar-refractivity contribution in [1.82, 2.24) is 4.90 Å². The van der Waals surface area contributed by atoms with E-state index in [9.17, 15) is 14.4 Å². The van der Waals surface area contributed by atoms with E-state index in [1.165, 1.54) is 13.8 Å². The lowest BCUT2D eigenvalue weighted by Crippen LogP contribution is -2.30. The van der Waals surface area contributed by atoms with E-state index in [4.69, 9.17) is 0 Å². The first-order valence-electron chi connectivity index (χ1n) is 6.82. The van der Waals surface area contributed by atoms with E-state index in [2.05, 4.69) is 0 Å². The number of nitrogens with zero attached hydrogens (tertiary/aromatic N) is 1. The van der Waals surface area contributed by atoms with Gasteiger partial charge in [-0.2, -0.15) is 0 Å². The van der Waals surface area contributed by atoms with E-state index in [-0.39, 0.29) is 17.5 Å². The van der Waals surface area contributed by atoms with Crippen molar-refractivity contribution in [2.75, 3.05) is 13.1 Å². The van der Waals surface area contributed by atoms with Crippen molar-refractivity contribution in [1.29, 1.82) is 0 Å². The normalized spacial score (nSPS) is 10.4. The minimum Gasteiger partial charge on any atom is -0.339 e. The number of hydrogen-bond acceptors (Lipinski definition) is 3. The molecule has 20 heavy (non-hydrogen) atoms. The number of benzene rings is 1. The van der Waals surface area contributed by atoms with E-state index >= 15 is 0 Å². The van der Waals surface area contributed by atoms with Crippen LogP contribution in [0.2, 0.25) is 0 Å². The molecule has 0 unspecified atom stereocenters. The molecule has 0 aliphatic heterocycles. The first-order chi connectivity index (χ1) is 9.42. The number of ketones is 2. The highest BCUT2D eigenvalue weighted by atomic mass is 16.2. The second kappa shape index (κ2) is 6.98. The summed E-state index contributed by atoms with van der Waals surface area (Å²) >= 11 is 0. The van der Waals surface area contributed by atoms with Crippen LogP contribution in [0, 0.1) is 0 Å². The summed E-state index contributed by atoms with van der Waals surface area (Å²) in [5.74, 6) is -1.27. The average Bonchev–Trinajstić information content (AvgIpc) is 2.39. The van der Waals surface area contributed by atoms with E-state index in [0.717, 1.165) is 0 Å². The molecule has 108 valence electrons. The second-order valence-corrected chi connectivity index (χ2v) is 4.76. The molecular weight excluding hydrogens is 254 g/mol. The second-order valence-electron chi connectivity index (χ2n) is 4.76. The summed E-state index contributed by atoms with van der Waals surface area (Å²) in [6.07, 6.45) is 0. The first-order valence-corrected chi connectivity index (χ1v) is 6.82. The molecule has 0 saturated carbocycles. The van der Waals surface area contributed by atoms with Gasteiger partial charge in [0.2, 0.25) is 0 Å². The lowest BCUT2D eigenvalue weighted by molar-refractivity contribution is -0.126. The van der Waals surface area contributed by atoms with Crippen LogP contribution in [-0.4, -0.2) is 35.5 Å². The van der Waals surface area contributed by atoms with Crippen molar-refractivity contribution < 1.29 is 14.4 Å². The van der Waals surface area contributed by atoms with Crippen LogP contribution in [0.1, 0.15) is 49.5 Å². The summed E-state index contributed by atoms with van der Waals surface area (Å²) < 4.78 is 0. The van der Waals surface area contributed by atoms with Crippen LogP contribution in [0.4, 0.5) is 0 Å². The summed E-state index contributed by atoms with van der Waals surface area (Å²) in [7, 11) is 0. The third-order valence-electron chi connectivity index (χ3n) is 3.33. The quantitative estimate of drug-likeness (QED) is 0.749. The molecule has 0 aliphatic carbocycles. The van der Waals surface area contributed by atoms with Crippen LogP contribution in [0.3, 0.4) is 0 Å². The van der Waals surface area contributed by atoms with E-state index in [0.29, 0.717) is 24.2 Å². The van der Waals surface area contributed by atoms with E-state index < -0.39 is 5.92 Å². The molecule has 1 aromatic carbocycles. The van der Waals surface area contributed by atoms with Gasteiger partial charge in [-0.15, -0.1) is 0 Å². The third kappa shape index (κ3) is 3.53. The Labute approximate surface area is 119 Å². The fraction of sp³-hybridized carbons (Fsp3) is 0.438. The van der Waals surface area contributed by atoms with Gasteiger partial charge in [0.05, 0.1) is 0 Å². The molecule has 0 radical (unpaired) electrons. The Balaban J connectivity index is 3.16. The topological polar surface area (TPSA) is 54.5 Å². The third-order valence-corrected chi connectivity index (χ3v) is 3.33. The predicted octanol–water partition coefficient (Wildman–Crippen LogP) is 2.43. The van der Waals surface area contributed by atoms with Crippen molar-refractivity contribution in [2.24, 2.45) is 0 Å². The van der Waals surface area contributed by atoms with Crippen molar-refractivity contribution in [2.45, 2.75) is 33.6 Å². The molecule has 0 spiro atoms. The molecule has 0 aliphatic rings. The molecule has 0 N–H and O–H groups in total. The SMILES string of the molecule is CCN(CC)C(=O)c1cccc(C(C(C)=O)C(C)=O)c1. The Morgan fingerprint density at radius 2 is 1.60 bits per heavy atom. The number of carbonyl (C=O) groups excluding carboxylic acids is 3. The van der Waals surface area contributed by atoms with Crippen LogP contribution >= 0.6 is 0 Å². The van der Waals surface area contributed by atoms with Crippen molar-refractivity contribution >= 4 is 17.5 Å². The van der Waals surface area contributed by atoms with Crippen LogP contribution in [-0.2, 0) is 9.59 Å². The Kier molecular flexibility index (Phi) is 5.62. The maximum absolute atomic E-state index is 12.3. The lowest BCUT2D eigenvalue weighted by atomic mass is 9.91. The molecule has 4 heteroatoms. The molecule has 0 aromatic heterocycles. The van der Waals surface area contributed by atoms with Gasteiger partial charge in [0.1, 0.15) is 17.5 Å². The minimum absolute atomic E-state index is 0.0808. The molecular formula is C16H21NO3. The number of carbonyl (C=O) groups is 3. The molecule has 1 amide bonds. The van der Waals surface area contributed by atoms with Gasteiger partial charge in [0, 0.05) is 18.7 Å². The van der Waals surface area contributed by atoms with Crippen LogP contribution < -0.4 is 0 Å². The van der Waals surface area contributed by atoms with Gasteiger partial charge in [-0.3, -0.25) is 14.4 Å². The average molecular weight is 275 g/mol. The number of amides is 1. The minimum atomic E-state index is -0.778. The van der Waals surface area contributed by atoms with Gasteiger partial charge in [0.25, 0.3) is 5.91 Å². The van der Waals surface area contributed by atoms with Crippen molar-refractivity contribution in [3.8, 4) is 0 Å². The Morgan fingerprint density at radius 1 is 1.05 bits per heavy atom. The molecule has 0 fully saturated rings. The Morgan fingerprint density at radius 3 is 2.05 bits per heavy atom. The molecule has 0 heterocycles. The standard InChI is InChI=1S/C16H21NO3/c1-5-17(6-2)16(20)14-9-7-8-13(10-14)15(11(3)18)12(4)19/h7-10,15H,5-6H2,1-4H3. The molecule has 0 saturated heterocycles. The summed E-state index contributed by atoms with van der Waals surface area (Å²) in [5, 5.41) is 0.